The lowest BCUT2D eigenvalue weighted by molar-refractivity contribution is -0.0383. The van der Waals surface area contributed by atoms with Gasteiger partial charge in [0.15, 0.2) is 5.16 Å². The molecule has 0 aromatic carbocycles. The molecule has 1 aliphatic heterocycles. The largest absolute Gasteiger partial charge is 0.370 e. The van der Waals surface area contributed by atoms with Crippen LogP contribution in [0, 0.1) is 0 Å². The molecule has 3 rings (SSSR count). The molecule has 3 N–H and O–H groups in total. The highest BCUT2D eigenvalue weighted by molar-refractivity contribution is 7.98. The van der Waals surface area contributed by atoms with Crippen molar-refractivity contribution < 1.29 is 4.74 Å². The van der Waals surface area contributed by atoms with Crippen molar-refractivity contribution in [2.24, 2.45) is 5.73 Å². The third-order valence-electron chi connectivity index (χ3n) is 3.51. The maximum Gasteiger partial charge on any atom is 0.189 e. The Hall–Kier alpha value is -0.890. The van der Waals surface area contributed by atoms with Crippen LogP contribution in [0.1, 0.15) is 24.3 Å². The number of ether oxygens (including phenoxy) is 1. The molecule has 0 amide bonds. The number of hydrogen-bond donors (Lipinski definition) is 2. The molecule has 1 aliphatic rings. The van der Waals surface area contributed by atoms with Crippen LogP contribution < -0.4 is 11.1 Å². The summed E-state index contributed by atoms with van der Waals surface area (Å²) < 4.78 is 7.07. The van der Waals surface area contributed by atoms with Crippen LogP contribution in [-0.2, 0) is 17.8 Å². The summed E-state index contributed by atoms with van der Waals surface area (Å²) in [5, 5.41) is 4.11. The van der Waals surface area contributed by atoms with Crippen molar-refractivity contribution in [2.45, 2.75) is 37.6 Å². The Bertz CT molecular complexity index is 669. The van der Waals surface area contributed by atoms with E-state index in [9.17, 15) is 0 Å². The number of anilines is 1. The van der Waals surface area contributed by atoms with Crippen LogP contribution in [-0.4, -0.2) is 34.9 Å². The van der Waals surface area contributed by atoms with Crippen molar-refractivity contribution in [3.8, 4) is 0 Å². The van der Waals surface area contributed by atoms with Crippen LogP contribution >= 0.6 is 23.1 Å². The second-order valence-corrected chi connectivity index (χ2v) is 7.56. The molecule has 0 aliphatic carbocycles. The molecule has 2 aromatic rings. The minimum absolute atomic E-state index is 0.103. The first-order chi connectivity index (χ1) is 10.0. The normalized spacial score (nSPS) is 17.0. The molecule has 0 bridgehead atoms. The number of fused-ring (bicyclic) bond motifs is 3. The molecule has 0 saturated carbocycles. The molecule has 0 spiro atoms. The molecular formula is C14H20N4OS2. The van der Waals surface area contributed by atoms with Crippen molar-refractivity contribution in [2.75, 3.05) is 24.7 Å². The molecule has 7 heteroatoms. The fourth-order valence-corrected chi connectivity index (χ4v) is 4.24. The summed E-state index contributed by atoms with van der Waals surface area (Å²) in [7, 11) is 0. The van der Waals surface area contributed by atoms with Crippen molar-refractivity contribution >= 4 is 39.1 Å². The lowest BCUT2D eigenvalue weighted by atomic mass is 9.98. The van der Waals surface area contributed by atoms with Gasteiger partial charge in [-0.3, -0.25) is 0 Å². The van der Waals surface area contributed by atoms with E-state index in [1.54, 1.807) is 23.1 Å². The summed E-state index contributed by atoms with van der Waals surface area (Å²) in [4.78, 5) is 10.7. The van der Waals surface area contributed by atoms with Gasteiger partial charge in [-0.05, 0) is 20.1 Å². The molecular weight excluding hydrogens is 304 g/mol. The van der Waals surface area contributed by atoms with E-state index >= 15 is 0 Å². The van der Waals surface area contributed by atoms with Crippen LogP contribution in [0.3, 0.4) is 0 Å². The minimum Gasteiger partial charge on any atom is -0.370 e. The van der Waals surface area contributed by atoms with Gasteiger partial charge in [0, 0.05) is 30.0 Å². The average molecular weight is 324 g/mol. The number of thiophene rings is 1. The third kappa shape index (κ3) is 2.88. The zero-order valence-corrected chi connectivity index (χ0v) is 14.2. The van der Waals surface area contributed by atoms with Crippen LogP contribution in [0.15, 0.2) is 5.16 Å². The van der Waals surface area contributed by atoms with E-state index in [0.717, 1.165) is 27.6 Å². The van der Waals surface area contributed by atoms with Crippen molar-refractivity contribution in [1.29, 1.82) is 0 Å². The number of hydrogen-bond acceptors (Lipinski definition) is 7. The first kappa shape index (κ1) is 15.0. The molecule has 0 unspecified atom stereocenters. The maximum atomic E-state index is 5.95. The fraction of sp³-hybridized carbons (Fsp3) is 0.571. The predicted octanol–water partition coefficient (Wildman–Crippen LogP) is 2.64. The first-order valence-corrected chi connectivity index (χ1v) is 9.02. The zero-order valence-electron chi connectivity index (χ0n) is 12.5. The smallest absolute Gasteiger partial charge is 0.189 e. The SMILES string of the molecule is CSc1nc(NCCN)c2sc3c(c2n1)COC(C)(C)C3. The monoisotopic (exact) mass is 324 g/mol. The lowest BCUT2D eigenvalue weighted by Crippen LogP contribution is -2.30. The second kappa shape index (κ2) is 5.72. The molecule has 3 heterocycles. The highest BCUT2D eigenvalue weighted by Crippen LogP contribution is 2.41. The highest BCUT2D eigenvalue weighted by Gasteiger charge is 2.30. The van der Waals surface area contributed by atoms with Crippen molar-refractivity contribution in [3.05, 3.63) is 10.4 Å². The second-order valence-electron chi connectivity index (χ2n) is 5.68. The number of nitrogens with two attached hydrogens (primary N) is 1. The van der Waals surface area contributed by atoms with Gasteiger partial charge in [-0.2, -0.15) is 0 Å². The summed E-state index contributed by atoms with van der Waals surface area (Å²) >= 11 is 3.34. The summed E-state index contributed by atoms with van der Waals surface area (Å²) in [6, 6.07) is 0. The maximum absolute atomic E-state index is 5.95. The molecule has 0 saturated heterocycles. The topological polar surface area (TPSA) is 73.1 Å². The predicted molar refractivity (Wildman–Crippen MR) is 89.3 cm³/mol. The lowest BCUT2D eigenvalue weighted by Gasteiger charge is -2.29. The van der Waals surface area contributed by atoms with Crippen LogP contribution in [0.4, 0.5) is 5.82 Å². The number of nitrogens with zero attached hydrogens (tertiary/aromatic N) is 2. The van der Waals surface area contributed by atoms with Gasteiger partial charge in [0.25, 0.3) is 0 Å². The highest BCUT2D eigenvalue weighted by atomic mass is 32.2. The van der Waals surface area contributed by atoms with Gasteiger partial charge < -0.3 is 15.8 Å². The summed E-state index contributed by atoms with van der Waals surface area (Å²) in [5.41, 5.74) is 7.75. The van der Waals surface area contributed by atoms with Crippen LogP contribution in [0.5, 0.6) is 0 Å². The third-order valence-corrected chi connectivity index (χ3v) is 5.28. The summed E-state index contributed by atoms with van der Waals surface area (Å²) in [6.07, 6.45) is 2.92. The summed E-state index contributed by atoms with van der Waals surface area (Å²) in [6.45, 7) is 6.19. The van der Waals surface area contributed by atoms with E-state index in [2.05, 4.69) is 24.1 Å². The van der Waals surface area contributed by atoms with E-state index in [-0.39, 0.29) is 5.60 Å². The molecule has 0 atom stereocenters. The zero-order chi connectivity index (χ0) is 15.0. The molecule has 114 valence electrons. The van der Waals surface area contributed by atoms with Gasteiger partial charge in [-0.15, -0.1) is 11.3 Å². The van der Waals surface area contributed by atoms with Gasteiger partial charge in [-0.25, -0.2) is 9.97 Å². The molecule has 5 nitrogen and oxygen atoms in total. The van der Waals surface area contributed by atoms with Crippen molar-refractivity contribution in [3.63, 3.8) is 0 Å². The number of nitrogens with one attached hydrogen (secondary N) is 1. The number of thioether (sulfide) groups is 1. The van der Waals surface area contributed by atoms with Gasteiger partial charge in [-0.1, -0.05) is 11.8 Å². The van der Waals surface area contributed by atoms with Crippen molar-refractivity contribution in [1.82, 2.24) is 9.97 Å². The van der Waals surface area contributed by atoms with E-state index in [4.69, 9.17) is 15.5 Å². The van der Waals surface area contributed by atoms with E-state index in [0.29, 0.717) is 19.7 Å². The van der Waals surface area contributed by atoms with Gasteiger partial charge in [0.05, 0.1) is 22.4 Å². The molecule has 21 heavy (non-hydrogen) atoms. The van der Waals surface area contributed by atoms with Gasteiger partial charge in [0.2, 0.25) is 0 Å². The Kier molecular flexibility index (Phi) is 4.09. The fourth-order valence-electron chi connectivity index (χ4n) is 2.45. The van der Waals surface area contributed by atoms with Crippen LogP contribution in [0.25, 0.3) is 10.2 Å². The van der Waals surface area contributed by atoms with E-state index < -0.39 is 0 Å². The molecule has 0 fully saturated rings. The standard InChI is InChI=1S/C14H20N4OS2/c1-14(2)6-9-8(7-19-14)10-11(21-9)12(16-5-4-15)18-13(17-10)20-3/h4-7,15H2,1-3H3,(H,16,17,18). The Labute approximate surface area is 132 Å². The summed E-state index contributed by atoms with van der Waals surface area (Å²) in [5.74, 6) is 0.895. The van der Waals surface area contributed by atoms with Gasteiger partial charge in [0.1, 0.15) is 5.82 Å². The van der Waals surface area contributed by atoms with E-state index in [1.807, 2.05) is 6.26 Å². The Morgan fingerprint density at radius 1 is 1.43 bits per heavy atom. The average Bonchev–Trinajstić information content (AvgIpc) is 2.80. The minimum atomic E-state index is -0.103. The van der Waals surface area contributed by atoms with Gasteiger partial charge >= 0.3 is 0 Å². The Morgan fingerprint density at radius 2 is 2.24 bits per heavy atom. The molecule has 0 radical (unpaired) electrons. The number of rotatable bonds is 4. The number of aromatic nitrogens is 2. The molecule has 2 aromatic heterocycles. The Balaban J connectivity index is 2.13. The van der Waals surface area contributed by atoms with Crippen LogP contribution in [0.2, 0.25) is 0 Å². The first-order valence-electron chi connectivity index (χ1n) is 6.98. The Morgan fingerprint density at radius 3 is 2.95 bits per heavy atom. The van der Waals surface area contributed by atoms with E-state index in [1.165, 1.54) is 10.4 Å². The quantitative estimate of drug-likeness (QED) is 0.665.